The van der Waals surface area contributed by atoms with Crippen LogP contribution in [0.4, 0.5) is 8.78 Å². The van der Waals surface area contributed by atoms with E-state index in [0.717, 1.165) is 7.11 Å². The fourth-order valence-corrected chi connectivity index (χ4v) is 1.33. The molecule has 0 aliphatic carbocycles. The molecule has 0 aromatic carbocycles. The second-order valence-electron chi connectivity index (χ2n) is 3.19. The molecule has 1 heterocycles. The number of rotatable bonds is 3. The minimum Gasteiger partial charge on any atom is -0.464 e. The molecule has 0 fully saturated rings. The minimum absolute atomic E-state index is 0.0434. The summed E-state index contributed by atoms with van der Waals surface area (Å²) in [4.78, 5) is 14.9. The van der Waals surface area contributed by atoms with E-state index in [9.17, 15) is 13.6 Å². The number of halogens is 2. The van der Waals surface area contributed by atoms with E-state index in [1.165, 1.54) is 13.0 Å². The molecule has 4 nitrogen and oxygen atoms in total. The first-order valence-corrected chi connectivity index (χ1v) is 4.58. The summed E-state index contributed by atoms with van der Waals surface area (Å²) >= 11 is 0. The van der Waals surface area contributed by atoms with Crippen LogP contribution in [0.15, 0.2) is 6.07 Å². The second kappa shape index (κ2) is 4.98. The number of methoxy groups -OCH3 is 1. The quantitative estimate of drug-likeness (QED) is 0.800. The van der Waals surface area contributed by atoms with Gasteiger partial charge in [-0.3, -0.25) is 0 Å². The summed E-state index contributed by atoms with van der Waals surface area (Å²) in [7, 11) is 1.16. The van der Waals surface area contributed by atoms with Gasteiger partial charge in [0.2, 0.25) is 0 Å². The van der Waals surface area contributed by atoms with Crippen molar-refractivity contribution in [3.8, 4) is 0 Å². The number of aryl methyl sites for hydroxylation is 1. The Morgan fingerprint density at radius 1 is 1.62 bits per heavy atom. The number of pyridine rings is 1. The van der Waals surface area contributed by atoms with Gasteiger partial charge in [0.15, 0.2) is 5.69 Å². The van der Waals surface area contributed by atoms with Crippen LogP contribution in [0.3, 0.4) is 0 Å². The lowest BCUT2D eigenvalue weighted by atomic mass is 10.1. The zero-order chi connectivity index (χ0) is 12.3. The van der Waals surface area contributed by atoms with Crippen LogP contribution in [0.2, 0.25) is 0 Å². The van der Waals surface area contributed by atoms with Gasteiger partial charge in [-0.25, -0.2) is 18.6 Å². The van der Waals surface area contributed by atoms with Crippen molar-refractivity contribution in [3.05, 3.63) is 28.6 Å². The molecule has 88 valence electrons. The van der Waals surface area contributed by atoms with Gasteiger partial charge < -0.3 is 10.5 Å². The average Bonchev–Trinajstić information content (AvgIpc) is 2.27. The van der Waals surface area contributed by atoms with Crippen molar-refractivity contribution in [2.75, 3.05) is 7.11 Å². The van der Waals surface area contributed by atoms with Crippen LogP contribution in [-0.2, 0) is 11.3 Å². The Morgan fingerprint density at radius 2 is 2.25 bits per heavy atom. The van der Waals surface area contributed by atoms with Gasteiger partial charge >= 0.3 is 5.97 Å². The predicted octanol–water partition coefficient (Wildman–Crippen LogP) is 1.57. The molecule has 0 amide bonds. The Bertz CT molecular complexity index is 408. The Hall–Kier alpha value is -1.56. The van der Waals surface area contributed by atoms with Crippen molar-refractivity contribution in [2.45, 2.75) is 19.9 Å². The minimum atomic E-state index is -2.73. The Balaban J connectivity index is 3.34. The number of nitrogens with zero attached hydrogens (tertiary/aromatic N) is 1. The molecular formula is C10H12F2N2O2. The molecule has 1 rings (SSSR count). The molecule has 0 saturated carbocycles. The van der Waals surface area contributed by atoms with E-state index in [2.05, 4.69) is 9.72 Å². The van der Waals surface area contributed by atoms with Gasteiger partial charge in [-0.05, 0) is 18.1 Å². The molecule has 16 heavy (non-hydrogen) atoms. The fraction of sp³-hybridized carbons (Fsp3) is 0.400. The fourth-order valence-electron chi connectivity index (χ4n) is 1.33. The molecule has 1 aromatic heterocycles. The van der Waals surface area contributed by atoms with E-state index >= 15 is 0 Å². The Kier molecular flexibility index (Phi) is 3.89. The number of carbonyl (C=O) groups is 1. The number of hydrogen-bond donors (Lipinski definition) is 1. The highest BCUT2D eigenvalue weighted by molar-refractivity contribution is 5.89. The first kappa shape index (κ1) is 12.5. The van der Waals surface area contributed by atoms with Gasteiger partial charge in [0, 0.05) is 6.54 Å². The van der Waals surface area contributed by atoms with Crippen LogP contribution in [0.25, 0.3) is 0 Å². The molecule has 0 aliphatic rings. The van der Waals surface area contributed by atoms with Gasteiger partial charge in [-0.1, -0.05) is 6.07 Å². The summed E-state index contributed by atoms with van der Waals surface area (Å²) in [5, 5.41) is 0. The molecule has 6 heteroatoms. The lowest BCUT2D eigenvalue weighted by Gasteiger charge is -2.10. The van der Waals surface area contributed by atoms with Crippen LogP contribution in [0.1, 0.15) is 33.7 Å². The molecule has 0 saturated heterocycles. The van der Waals surface area contributed by atoms with E-state index in [0.29, 0.717) is 11.1 Å². The molecule has 0 aliphatic heterocycles. The highest BCUT2D eigenvalue weighted by Gasteiger charge is 2.20. The molecule has 0 bridgehead atoms. The molecule has 0 atom stereocenters. The Labute approximate surface area is 91.4 Å². The Morgan fingerprint density at radius 3 is 2.69 bits per heavy atom. The van der Waals surface area contributed by atoms with Gasteiger partial charge in [0.25, 0.3) is 6.43 Å². The number of hydrogen-bond acceptors (Lipinski definition) is 4. The van der Waals surface area contributed by atoms with E-state index < -0.39 is 18.1 Å². The smallest absolute Gasteiger partial charge is 0.356 e. The van der Waals surface area contributed by atoms with Crippen LogP contribution in [0, 0.1) is 6.92 Å². The maximum Gasteiger partial charge on any atom is 0.356 e. The van der Waals surface area contributed by atoms with Gasteiger partial charge in [-0.2, -0.15) is 0 Å². The van der Waals surface area contributed by atoms with Crippen molar-refractivity contribution in [3.63, 3.8) is 0 Å². The molecule has 0 unspecified atom stereocenters. The summed E-state index contributed by atoms with van der Waals surface area (Å²) < 4.78 is 29.6. The summed E-state index contributed by atoms with van der Waals surface area (Å²) in [6, 6.07) is 1.43. The van der Waals surface area contributed by atoms with Crippen LogP contribution in [0.5, 0.6) is 0 Å². The highest BCUT2D eigenvalue weighted by atomic mass is 19.3. The molecular weight excluding hydrogens is 218 g/mol. The average molecular weight is 230 g/mol. The summed E-state index contributed by atoms with van der Waals surface area (Å²) in [6.45, 7) is 1.54. The first-order chi connectivity index (χ1) is 7.51. The van der Waals surface area contributed by atoms with Crippen molar-refractivity contribution in [1.29, 1.82) is 0 Å². The second-order valence-corrected chi connectivity index (χ2v) is 3.19. The van der Waals surface area contributed by atoms with Crippen LogP contribution >= 0.6 is 0 Å². The number of ether oxygens (including phenoxy) is 1. The van der Waals surface area contributed by atoms with E-state index in [1.54, 1.807) is 0 Å². The third-order valence-electron chi connectivity index (χ3n) is 2.14. The summed E-state index contributed by atoms with van der Waals surface area (Å²) in [5.74, 6) is -0.762. The van der Waals surface area contributed by atoms with E-state index in [1.807, 2.05) is 0 Å². The highest BCUT2D eigenvalue weighted by Crippen LogP contribution is 2.23. The lowest BCUT2D eigenvalue weighted by Crippen LogP contribution is -2.14. The molecule has 0 spiro atoms. The molecule has 0 radical (unpaired) electrons. The molecule has 1 aromatic rings. The third-order valence-corrected chi connectivity index (χ3v) is 2.14. The SMILES string of the molecule is COC(=O)c1nc(C(F)F)c(C)cc1CN. The van der Waals surface area contributed by atoms with E-state index in [-0.39, 0.29) is 12.2 Å². The maximum absolute atomic E-state index is 12.6. The standard InChI is InChI=1S/C10H12F2N2O2/c1-5-3-6(4-13)8(10(15)16-2)14-7(5)9(11)12/h3,9H,4,13H2,1-2H3. The van der Waals surface area contributed by atoms with Crippen LogP contribution in [-0.4, -0.2) is 18.1 Å². The number of aromatic nitrogens is 1. The third kappa shape index (κ3) is 2.33. The number of nitrogens with two attached hydrogens (primary N) is 1. The molecule has 2 N–H and O–H groups in total. The first-order valence-electron chi connectivity index (χ1n) is 4.58. The largest absolute Gasteiger partial charge is 0.464 e. The maximum atomic E-state index is 12.6. The zero-order valence-corrected chi connectivity index (χ0v) is 8.96. The van der Waals surface area contributed by atoms with Crippen molar-refractivity contribution in [1.82, 2.24) is 4.98 Å². The number of carbonyl (C=O) groups excluding carboxylic acids is 1. The van der Waals surface area contributed by atoms with Crippen LogP contribution < -0.4 is 5.73 Å². The van der Waals surface area contributed by atoms with Gasteiger partial charge in [0.05, 0.1) is 7.11 Å². The zero-order valence-electron chi connectivity index (χ0n) is 8.96. The lowest BCUT2D eigenvalue weighted by molar-refractivity contribution is 0.0591. The van der Waals surface area contributed by atoms with Gasteiger partial charge in [0.1, 0.15) is 5.69 Å². The number of alkyl halides is 2. The normalized spacial score (nSPS) is 10.6. The van der Waals surface area contributed by atoms with Crippen molar-refractivity contribution in [2.24, 2.45) is 5.73 Å². The number of esters is 1. The monoisotopic (exact) mass is 230 g/mol. The van der Waals surface area contributed by atoms with E-state index in [4.69, 9.17) is 5.73 Å². The predicted molar refractivity (Wildman–Crippen MR) is 53.2 cm³/mol. The topological polar surface area (TPSA) is 65.2 Å². The van der Waals surface area contributed by atoms with Gasteiger partial charge in [-0.15, -0.1) is 0 Å². The summed E-state index contributed by atoms with van der Waals surface area (Å²) in [5.41, 5.74) is 5.54. The summed E-state index contributed by atoms with van der Waals surface area (Å²) in [6.07, 6.45) is -2.73. The van der Waals surface area contributed by atoms with Crippen molar-refractivity contribution < 1.29 is 18.3 Å². The van der Waals surface area contributed by atoms with Crippen molar-refractivity contribution >= 4 is 5.97 Å².